The molecule has 20 heavy (non-hydrogen) atoms. The standard InChI is InChI=1S/C13H18N2O4S/c1-8(2)18-6-10(16)7-20-13-15-14-12(19-13)11-4-5-17-9(11)3/h4-5,8,10,16H,6-7H2,1-3H3. The van der Waals surface area contributed by atoms with Crippen LogP contribution in [0.2, 0.25) is 0 Å². The SMILES string of the molecule is Cc1occc1-c1nnc(SCC(O)COC(C)C)o1. The fourth-order valence-corrected chi connectivity index (χ4v) is 2.17. The van der Waals surface area contributed by atoms with Crippen molar-refractivity contribution in [3.63, 3.8) is 0 Å². The molecule has 2 aromatic rings. The molecule has 6 nitrogen and oxygen atoms in total. The third kappa shape index (κ3) is 4.09. The van der Waals surface area contributed by atoms with E-state index in [1.807, 2.05) is 20.8 Å². The van der Waals surface area contributed by atoms with Crippen molar-refractivity contribution in [3.8, 4) is 11.5 Å². The molecule has 0 spiro atoms. The average molecular weight is 298 g/mol. The van der Waals surface area contributed by atoms with Gasteiger partial charge in [0.15, 0.2) is 0 Å². The number of furan rings is 1. The third-order valence-corrected chi connectivity index (χ3v) is 3.48. The second-order valence-electron chi connectivity index (χ2n) is 4.61. The molecule has 0 saturated heterocycles. The van der Waals surface area contributed by atoms with E-state index < -0.39 is 6.10 Å². The lowest BCUT2D eigenvalue weighted by molar-refractivity contribution is 0.0152. The largest absolute Gasteiger partial charge is 0.469 e. The van der Waals surface area contributed by atoms with Crippen LogP contribution in [0, 0.1) is 6.92 Å². The van der Waals surface area contributed by atoms with Crippen molar-refractivity contribution >= 4 is 11.8 Å². The van der Waals surface area contributed by atoms with Gasteiger partial charge in [-0.25, -0.2) is 0 Å². The minimum absolute atomic E-state index is 0.105. The highest BCUT2D eigenvalue weighted by Crippen LogP contribution is 2.26. The van der Waals surface area contributed by atoms with Crippen LogP contribution in [-0.2, 0) is 4.74 Å². The molecular formula is C13H18N2O4S. The molecule has 0 saturated carbocycles. The quantitative estimate of drug-likeness (QED) is 0.786. The van der Waals surface area contributed by atoms with Crippen LogP contribution in [0.3, 0.4) is 0 Å². The fourth-order valence-electron chi connectivity index (χ4n) is 1.50. The number of aliphatic hydroxyl groups excluding tert-OH is 1. The number of hydrogen-bond donors (Lipinski definition) is 1. The van der Waals surface area contributed by atoms with Gasteiger partial charge in [0.2, 0.25) is 0 Å². The summed E-state index contributed by atoms with van der Waals surface area (Å²) in [7, 11) is 0. The van der Waals surface area contributed by atoms with Crippen LogP contribution in [-0.4, -0.2) is 39.9 Å². The van der Waals surface area contributed by atoms with Crippen molar-refractivity contribution in [2.24, 2.45) is 0 Å². The van der Waals surface area contributed by atoms with E-state index in [9.17, 15) is 5.11 Å². The van der Waals surface area contributed by atoms with Crippen LogP contribution in [0.5, 0.6) is 0 Å². The summed E-state index contributed by atoms with van der Waals surface area (Å²) in [6, 6.07) is 1.78. The lowest BCUT2D eigenvalue weighted by atomic mass is 10.3. The first-order valence-electron chi connectivity index (χ1n) is 6.36. The molecule has 0 radical (unpaired) electrons. The van der Waals surface area contributed by atoms with Gasteiger partial charge in [0.25, 0.3) is 11.1 Å². The van der Waals surface area contributed by atoms with E-state index in [1.54, 1.807) is 12.3 Å². The van der Waals surface area contributed by atoms with Crippen molar-refractivity contribution in [2.45, 2.75) is 38.2 Å². The molecule has 2 heterocycles. The van der Waals surface area contributed by atoms with Crippen molar-refractivity contribution < 1.29 is 18.7 Å². The highest BCUT2D eigenvalue weighted by molar-refractivity contribution is 7.99. The number of thioether (sulfide) groups is 1. The first-order chi connectivity index (χ1) is 9.56. The molecule has 0 bridgehead atoms. The van der Waals surface area contributed by atoms with E-state index in [0.717, 1.165) is 11.3 Å². The maximum Gasteiger partial charge on any atom is 0.276 e. The van der Waals surface area contributed by atoms with E-state index in [4.69, 9.17) is 13.6 Å². The summed E-state index contributed by atoms with van der Waals surface area (Å²) in [6.07, 6.45) is 1.12. The Hall–Kier alpha value is -1.31. The molecule has 0 aromatic carbocycles. The molecule has 0 fully saturated rings. The van der Waals surface area contributed by atoms with Crippen LogP contribution >= 0.6 is 11.8 Å². The van der Waals surface area contributed by atoms with Crippen LogP contribution in [0.15, 0.2) is 26.4 Å². The van der Waals surface area contributed by atoms with E-state index in [-0.39, 0.29) is 6.10 Å². The van der Waals surface area contributed by atoms with E-state index in [2.05, 4.69) is 10.2 Å². The molecule has 0 amide bonds. The highest BCUT2D eigenvalue weighted by Gasteiger charge is 2.14. The third-order valence-electron chi connectivity index (χ3n) is 2.52. The Morgan fingerprint density at radius 2 is 2.20 bits per heavy atom. The van der Waals surface area contributed by atoms with Gasteiger partial charge in [0.05, 0.1) is 30.6 Å². The van der Waals surface area contributed by atoms with Gasteiger partial charge in [-0.3, -0.25) is 0 Å². The summed E-state index contributed by atoms with van der Waals surface area (Å²) < 4.78 is 16.0. The highest BCUT2D eigenvalue weighted by atomic mass is 32.2. The van der Waals surface area contributed by atoms with Crippen LogP contribution in [0.1, 0.15) is 19.6 Å². The Morgan fingerprint density at radius 1 is 1.40 bits per heavy atom. The topological polar surface area (TPSA) is 81.5 Å². The first kappa shape index (κ1) is 15.1. The lowest BCUT2D eigenvalue weighted by Crippen LogP contribution is -2.20. The molecule has 0 aliphatic heterocycles. The maximum atomic E-state index is 9.74. The van der Waals surface area contributed by atoms with Crippen LogP contribution in [0.25, 0.3) is 11.5 Å². The molecule has 1 unspecified atom stereocenters. The fraction of sp³-hybridized carbons (Fsp3) is 0.538. The summed E-state index contributed by atoms with van der Waals surface area (Å²) >= 11 is 1.30. The van der Waals surface area contributed by atoms with Gasteiger partial charge in [0.1, 0.15) is 5.76 Å². The van der Waals surface area contributed by atoms with Gasteiger partial charge in [0, 0.05) is 5.75 Å². The van der Waals surface area contributed by atoms with Gasteiger partial charge in [-0.05, 0) is 26.8 Å². The molecule has 2 rings (SSSR count). The zero-order chi connectivity index (χ0) is 14.5. The molecule has 2 aromatic heterocycles. The van der Waals surface area contributed by atoms with Crippen molar-refractivity contribution in [1.29, 1.82) is 0 Å². The number of aromatic nitrogens is 2. The zero-order valence-corrected chi connectivity index (χ0v) is 12.5. The summed E-state index contributed by atoms with van der Waals surface area (Å²) in [5.41, 5.74) is 0.785. The number of hydrogen-bond acceptors (Lipinski definition) is 7. The molecule has 0 aliphatic rings. The van der Waals surface area contributed by atoms with Crippen molar-refractivity contribution in [1.82, 2.24) is 10.2 Å². The van der Waals surface area contributed by atoms with Gasteiger partial charge in [-0.15, -0.1) is 10.2 Å². The number of rotatable bonds is 7. The predicted molar refractivity (Wildman–Crippen MR) is 74.6 cm³/mol. The minimum Gasteiger partial charge on any atom is -0.469 e. The first-order valence-corrected chi connectivity index (χ1v) is 7.35. The number of aryl methyl sites for hydroxylation is 1. The summed E-state index contributed by atoms with van der Waals surface area (Å²) in [5.74, 6) is 1.60. The molecule has 110 valence electrons. The lowest BCUT2D eigenvalue weighted by Gasteiger charge is -2.11. The van der Waals surface area contributed by atoms with E-state index in [0.29, 0.717) is 23.5 Å². The van der Waals surface area contributed by atoms with Crippen LogP contribution in [0.4, 0.5) is 0 Å². The van der Waals surface area contributed by atoms with Gasteiger partial charge in [-0.2, -0.15) is 0 Å². The van der Waals surface area contributed by atoms with Crippen LogP contribution < -0.4 is 0 Å². The van der Waals surface area contributed by atoms with E-state index in [1.165, 1.54) is 11.8 Å². The van der Waals surface area contributed by atoms with Gasteiger partial charge >= 0.3 is 0 Å². The smallest absolute Gasteiger partial charge is 0.276 e. The minimum atomic E-state index is -0.562. The second-order valence-corrected chi connectivity index (χ2v) is 5.58. The van der Waals surface area contributed by atoms with Crippen molar-refractivity contribution in [2.75, 3.05) is 12.4 Å². The summed E-state index contributed by atoms with van der Waals surface area (Å²) in [6.45, 7) is 5.99. The Kier molecular flexibility index (Phi) is 5.22. The Balaban J connectivity index is 1.86. The average Bonchev–Trinajstić information content (AvgIpc) is 3.02. The maximum absolute atomic E-state index is 9.74. The molecule has 1 atom stereocenters. The molecule has 1 N–H and O–H groups in total. The van der Waals surface area contributed by atoms with Gasteiger partial charge in [-0.1, -0.05) is 11.8 Å². The molecule has 0 aliphatic carbocycles. The van der Waals surface area contributed by atoms with Gasteiger partial charge < -0.3 is 18.7 Å². The van der Waals surface area contributed by atoms with E-state index >= 15 is 0 Å². The summed E-state index contributed by atoms with van der Waals surface area (Å²) in [5, 5.41) is 18.1. The Morgan fingerprint density at radius 3 is 2.85 bits per heavy atom. The normalized spacial score (nSPS) is 13.1. The number of nitrogens with zero attached hydrogens (tertiary/aromatic N) is 2. The Bertz CT molecular complexity index is 538. The molecule has 7 heteroatoms. The number of ether oxygens (including phenoxy) is 1. The zero-order valence-electron chi connectivity index (χ0n) is 11.7. The van der Waals surface area contributed by atoms with Crippen molar-refractivity contribution in [3.05, 3.63) is 18.1 Å². The second kappa shape index (κ2) is 6.92. The summed E-state index contributed by atoms with van der Waals surface area (Å²) in [4.78, 5) is 0. The number of aliphatic hydroxyl groups is 1. The monoisotopic (exact) mass is 298 g/mol. The Labute approximate surface area is 121 Å². The molecular weight excluding hydrogens is 280 g/mol. The predicted octanol–water partition coefficient (Wildman–Crippen LogP) is 2.52.